The zero-order chi connectivity index (χ0) is 10.8. The summed E-state index contributed by atoms with van der Waals surface area (Å²) in [5.74, 6) is 2.10. The number of hydrogen-bond donors (Lipinski definition) is 0. The fourth-order valence-corrected chi connectivity index (χ4v) is 1.21. The van der Waals surface area contributed by atoms with Crippen molar-refractivity contribution < 1.29 is 9.21 Å². The van der Waals surface area contributed by atoms with Gasteiger partial charge in [0, 0.05) is 18.3 Å². The maximum absolute atomic E-state index is 10.8. The van der Waals surface area contributed by atoms with Crippen LogP contribution in [0.25, 0.3) is 0 Å². The predicted octanol–water partition coefficient (Wildman–Crippen LogP) is 3.10. The molecule has 14 heavy (non-hydrogen) atoms. The number of carbonyl (C=O) groups excluding carboxylic acids is 1. The van der Waals surface area contributed by atoms with Gasteiger partial charge >= 0.3 is 0 Å². The van der Waals surface area contributed by atoms with E-state index in [4.69, 9.17) is 4.42 Å². The fourth-order valence-electron chi connectivity index (χ4n) is 1.21. The summed E-state index contributed by atoms with van der Waals surface area (Å²) in [5.41, 5.74) is 0.0501. The summed E-state index contributed by atoms with van der Waals surface area (Å²) in [7, 11) is 0. The Morgan fingerprint density at radius 1 is 1.36 bits per heavy atom. The van der Waals surface area contributed by atoms with Crippen molar-refractivity contribution in [3.05, 3.63) is 23.7 Å². The molecule has 0 aliphatic rings. The third-order valence-corrected chi connectivity index (χ3v) is 2.12. The van der Waals surface area contributed by atoms with Crippen molar-refractivity contribution in [2.75, 3.05) is 0 Å². The van der Waals surface area contributed by atoms with E-state index in [0.29, 0.717) is 12.8 Å². The second kappa shape index (κ2) is 3.99. The lowest BCUT2D eigenvalue weighted by Crippen LogP contribution is -2.09. The molecule has 0 saturated carbocycles. The summed E-state index contributed by atoms with van der Waals surface area (Å²) < 4.78 is 5.65. The highest BCUT2D eigenvalue weighted by Crippen LogP contribution is 2.24. The van der Waals surface area contributed by atoms with E-state index in [2.05, 4.69) is 20.8 Å². The van der Waals surface area contributed by atoms with Crippen molar-refractivity contribution in [3.8, 4) is 0 Å². The fraction of sp³-hybridized carbons (Fsp3) is 0.583. The Hall–Kier alpha value is -1.05. The van der Waals surface area contributed by atoms with Crippen LogP contribution in [0.5, 0.6) is 0 Å². The molecule has 0 N–H and O–H groups in total. The van der Waals surface area contributed by atoms with Crippen molar-refractivity contribution in [1.29, 1.82) is 0 Å². The van der Waals surface area contributed by atoms with Crippen molar-refractivity contribution in [1.82, 2.24) is 0 Å². The van der Waals surface area contributed by atoms with E-state index in [9.17, 15) is 4.79 Å². The van der Waals surface area contributed by atoms with Crippen LogP contribution in [-0.4, -0.2) is 5.78 Å². The molecule has 0 unspecified atom stereocenters. The Labute approximate surface area is 85.3 Å². The largest absolute Gasteiger partial charge is 0.466 e. The van der Waals surface area contributed by atoms with Gasteiger partial charge in [-0.15, -0.1) is 0 Å². The molecule has 1 heterocycles. The number of ketones is 1. The molecule has 2 heteroatoms. The van der Waals surface area contributed by atoms with E-state index in [1.54, 1.807) is 6.92 Å². The smallest absolute Gasteiger partial charge is 0.130 e. The topological polar surface area (TPSA) is 30.2 Å². The number of aryl methyl sites for hydroxylation is 1. The van der Waals surface area contributed by atoms with Crippen LogP contribution in [0.3, 0.4) is 0 Å². The predicted molar refractivity (Wildman–Crippen MR) is 56.4 cm³/mol. The Balaban J connectivity index is 2.64. The molecule has 0 bridgehead atoms. The van der Waals surface area contributed by atoms with Gasteiger partial charge in [-0.3, -0.25) is 0 Å². The maximum atomic E-state index is 10.8. The van der Waals surface area contributed by atoms with Gasteiger partial charge in [-0.2, -0.15) is 0 Å². The average Bonchev–Trinajstić information content (AvgIpc) is 2.47. The van der Waals surface area contributed by atoms with Crippen LogP contribution in [0, 0.1) is 0 Å². The Kier molecular flexibility index (Phi) is 3.14. The van der Waals surface area contributed by atoms with Crippen molar-refractivity contribution in [2.24, 2.45) is 0 Å². The molecule has 2 nitrogen and oxygen atoms in total. The van der Waals surface area contributed by atoms with Crippen LogP contribution in [0.1, 0.15) is 45.6 Å². The van der Waals surface area contributed by atoms with Crippen LogP contribution < -0.4 is 0 Å². The number of hydrogen-bond acceptors (Lipinski definition) is 2. The lowest BCUT2D eigenvalue weighted by molar-refractivity contribution is -0.117. The molecule has 78 valence electrons. The second-order valence-corrected chi connectivity index (χ2v) is 4.72. The van der Waals surface area contributed by atoms with Crippen molar-refractivity contribution >= 4 is 5.78 Å². The zero-order valence-electron chi connectivity index (χ0n) is 9.39. The third kappa shape index (κ3) is 3.02. The molecule has 0 aliphatic carbocycles. The van der Waals surface area contributed by atoms with Gasteiger partial charge in [-0.25, -0.2) is 0 Å². The molecule has 0 aromatic carbocycles. The third-order valence-electron chi connectivity index (χ3n) is 2.12. The number of rotatable bonds is 3. The van der Waals surface area contributed by atoms with Crippen molar-refractivity contribution in [3.63, 3.8) is 0 Å². The molecule has 0 fully saturated rings. The highest BCUT2D eigenvalue weighted by atomic mass is 16.3. The standard InChI is InChI=1S/C12H18O2/c1-9(13)5-6-10-7-8-11(14-10)12(2,3)4/h7-8H,5-6H2,1-4H3. The molecule has 0 saturated heterocycles. The molecule has 0 aliphatic heterocycles. The van der Waals surface area contributed by atoms with Crippen LogP contribution in [0.4, 0.5) is 0 Å². The van der Waals surface area contributed by atoms with E-state index >= 15 is 0 Å². The summed E-state index contributed by atoms with van der Waals surface area (Å²) in [6.45, 7) is 7.94. The molecule has 0 atom stereocenters. The first-order chi connectivity index (χ1) is 6.39. The molecular weight excluding hydrogens is 176 g/mol. The summed E-state index contributed by atoms with van der Waals surface area (Å²) >= 11 is 0. The number of carbonyl (C=O) groups is 1. The quantitative estimate of drug-likeness (QED) is 0.740. The lowest BCUT2D eigenvalue weighted by atomic mass is 9.94. The van der Waals surface area contributed by atoms with E-state index in [0.717, 1.165) is 11.5 Å². The van der Waals surface area contributed by atoms with Crippen LogP contribution in [0.2, 0.25) is 0 Å². The van der Waals surface area contributed by atoms with Gasteiger partial charge in [-0.05, 0) is 19.1 Å². The van der Waals surface area contributed by atoms with Gasteiger partial charge in [-0.1, -0.05) is 20.8 Å². The van der Waals surface area contributed by atoms with Gasteiger partial charge in [0.1, 0.15) is 17.3 Å². The minimum atomic E-state index is 0.0501. The van der Waals surface area contributed by atoms with E-state index in [-0.39, 0.29) is 11.2 Å². The number of Topliss-reactive ketones (excluding diaryl/α,β-unsaturated/α-hetero) is 1. The average molecular weight is 194 g/mol. The van der Waals surface area contributed by atoms with Gasteiger partial charge in [0.2, 0.25) is 0 Å². The minimum Gasteiger partial charge on any atom is -0.466 e. The van der Waals surface area contributed by atoms with Gasteiger partial charge in [0.05, 0.1) is 0 Å². The molecular formula is C12H18O2. The van der Waals surface area contributed by atoms with E-state index < -0.39 is 0 Å². The van der Waals surface area contributed by atoms with Crippen LogP contribution >= 0.6 is 0 Å². The monoisotopic (exact) mass is 194 g/mol. The lowest BCUT2D eigenvalue weighted by Gasteiger charge is -2.14. The molecule has 0 amide bonds. The Morgan fingerprint density at radius 2 is 2.00 bits per heavy atom. The summed E-state index contributed by atoms with van der Waals surface area (Å²) in [6.07, 6.45) is 1.28. The SMILES string of the molecule is CC(=O)CCc1ccc(C(C)(C)C)o1. The van der Waals surface area contributed by atoms with E-state index in [1.165, 1.54) is 0 Å². The highest BCUT2D eigenvalue weighted by Gasteiger charge is 2.17. The highest BCUT2D eigenvalue weighted by molar-refractivity contribution is 5.75. The van der Waals surface area contributed by atoms with Gasteiger partial charge in [0.15, 0.2) is 0 Å². The maximum Gasteiger partial charge on any atom is 0.130 e. The summed E-state index contributed by atoms with van der Waals surface area (Å²) in [4.78, 5) is 10.8. The molecule has 1 aromatic heterocycles. The molecule has 0 spiro atoms. The normalized spacial score (nSPS) is 11.7. The first-order valence-electron chi connectivity index (χ1n) is 4.98. The van der Waals surface area contributed by atoms with Crippen molar-refractivity contribution in [2.45, 2.75) is 46.0 Å². The Morgan fingerprint density at radius 3 is 2.43 bits per heavy atom. The molecule has 1 aromatic rings. The first kappa shape index (κ1) is 11.0. The second-order valence-electron chi connectivity index (χ2n) is 4.72. The summed E-state index contributed by atoms with van der Waals surface area (Å²) in [5, 5.41) is 0. The van der Waals surface area contributed by atoms with Gasteiger partial charge < -0.3 is 9.21 Å². The minimum absolute atomic E-state index is 0.0501. The molecule has 0 radical (unpaired) electrons. The van der Waals surface area contributed by atoms with Gasteiger partial charge in [0.25, 0.3) is 0 Å². The first-order valence-corrected chi connectivity index (χ1v) is 4.98. The van der Waals surface area contributed by atoms with Crippen LogP contribution in [0.15, 0.2) is 16.5 Å². The molecule has 1 rings (SSSR count). The zero-order valence-corrected chi connectivity index (χ0v) is 9.39. The van der Waals surface area contributed by atoms with Crippen LogP contribution in [-0.2, 0) is 16.6 Å². The van der Waals surface area contributed by atoms with E-state index in [1.807, 2.05) is 12.1 Å². The number of furan rings is 1. The summed E-state index contributed by atoms with van der Waals surface area (Å²) in [6, 6.07) is 3.96. The Bertz CT molecular complexity index is 315.